The third kappa shape index (κ3) is 1.82. The molecule has 0 aliphatic rings. The third-order valence-corrected chi connectivity index (χ3v) is 1.36. The van der Waals surface area contributed by atoms with Gasteiger partial charge in [0.1, 0.15) is 0 Å². The number of ether oxygens (including phenoxy) is 1. The van der Waals surface area contributed by atoms with E-state index in [1.165, 1.54) is 0 Å². The van der Waals surface area contributed by atoms with Crippen LogP contribution >= 0.6 is 0 Å². The molecule has 0 aliphatic carbocycles. The van der Waals surface area contributed by atoms with E-state index in [9.17, 15) is 0 Å². The molecule has 1 aromatic rings. The van der Waals surface area contributed by atoms with Crippen LogP contribution in [0.2, 0.25) is 0 Å². The van der Waals surface area contributed by atoms with Gasteiger partial charge < -0.3 is 14.0 Å². The van der Waals surface area contributed by atoms with Crippen LogP contribution < -0.4 is 0 Å². The van der Waals surface area contributed by atoms with Crippen LogP contribution in [-0.4, -0.2) is 7.11 Å². The molecule has 0 N–H and O–H groups in total. The van der Waals surface area contributed by atoms with E-state index in [4.69, 9.17) is 15.7 Å². The summed E-state index contributed by atoms with van der Waals surface area (Å²) in [6.07, 6.45) is 1.58. The molecule has 0 unspecified atom stereocenters. The third-order valence-electron chi connectivity index (χ3n) is 1.36. The Morgan fingerprint density at radius 2 is 2.55 bits per heavy atom. The predicted octanol–water partition coefficient (Wildman–Crippen LogP) is 1.85. The van der Waals surface area contributed by atoms with Crippen molar-refractivity contribution in [3.05, 3.63) is 35.1 Å². The first-order valence-corrected chi connectivity index (χ1v) is 3.26. The molecular weight excluding hydrogens is 142 g/mol. The number of methoxy groups -OCH3 is 1. The zero-order valence-corrected chi connectivity index (χ0v) is 6.33. The molecule has 3 nitrogen and oxygen atoms in total. The Morgan fingerprint density at radius 1 is 1.73 bits per heavy atom. The number of furan rings is 1. The van der Waals surface area contributed by atoms with Gasteiger partial charge >= 0.3 is 0 Å². The maximum absolute atomic E-state index is 6.63. The fourth-order valence-electron chi connectivity index (χ4n) is 0.862. The van der Waals surface area contributed by atoms with Gasteiger partial charge in [-0.2, -0.15) is 0 Å². The van der Waals surface area contributed by atoms with Crippen molar-refractivity contribution in [2.24, 2.45) is 0 Å². The highest BCUT2D eigenvalue weighted by atomic mass is 16.5. The van der Waals surface area contributed by atoms with Gasteiger partial charge in [-0.05, 0) is 6.07 Å². The van der Waals surface area contributed by atoms with Gasteiger partial charge in [0, 0.05) is 12.7 Å². The maximum Gasteiger partial charge on any atom is 0.271 e. The summed E-state index contributed by atoms with van der Waals surface area (Å²) in [5, 5.41) is 0. The van der Waals surface area contributed by atoms with Gasteiger partial charge in [0.05, 0.1) is 12.9 Å². The van der Waals surface area contributed by atoms with Gasteiger partial charge in [0.15, 0.2) is 5.76 Å². The highest BCUT2D eigenvalue weighted by molar-refractivity contribution is 5.16. The molecule has 0 amide bonds. The number of hydrogen-bond donors (Lipinski definition) is 0. The Morgan fingerprint density at radius 3 is 3.18 bits per heavy atom. The monoisotopic (exact) mass is 151 g/mol. The topological polar surface area (TPSA) is 26.7 Å². The molecule has 0 radical (unpaired) electrons. The molecular formula is C8H9NO2. The van der Waals surface area contributed by atoms with E-state index < -0.39 is 0 Å². The minimum Gasteiger partial charge on any atom is -0.461 e. The summed E-state index contributed by atoms with van der Waals surface area (Å²) in [7, 11) is 1.62. The Hall–Kier alpha value is -1.27. The van der Waals surface area contributed by atoms with E-state index in [1.807, 2.05) is 6.07 Å². The van der Waals surface area contributed by atoms with Gasteiger partial charge in [-0.1, -0.05) is 0 Å². The van der Waals surface area contributed by atoms with Crippen LogP contribution in [-0.2, 0) is 17.9 Å². The first-order chi connectivity index (χ1) is 5.38. The Kier molecular flexibility index (Phi) is 2.70. The second-order valence-electron chi connectivity index (χ2n) is 2.12. The van der Waals surface area contributed by atoms with Crippen molar-refractivity contribution < 1.29 is 9.15 Å². The zero-order chi connectivity index (χ0) is 8.10. The van der Waals surface area contributed by atoms with E-state index in [-0.39, 0.29) is 0 Å². The fraction of sp³-hybridized carbons (Fsp3) is 0.375. The molecule has 0 saturated carbocycles. The van der Waals surface area contributed by atoms with Crippen molar-refractivity contribution in [3.8, 4) is 0 Å². The summed E-state index contributed by atoms with van der Waals surface area (Å²) >= 11 is 0. The summed E-state index contributed by atoms with van der Waals surface area (Å²) in [6.45, 7) is 7.44. The fourth-order valence-corrected chi connectivity index (χ4v) is 0.862. The van der Waals surface area contributed by atoms with Gasteiger partial charge in [0.2, 0.25) is 0 Å². The molecule has 1 aromatic heterocycles. The molecule has 0 fully saturated rings. The highest BCUT2D eigenvalue weighted by Crippen LogP contribution is 2.12. The SMILES string of the molecule is [C-]#[N+]Cc1occc1COC. The van der Waals surface area contributed by atoms with Gasteiger partial charge in [-0.25, -0.2) is 6.57 Å². The smallest absolute Gasteiger partial charge is 0.271 e. The van der Waals surface area contributed by atoms with Crippen LogP contribution in [0.15, 0.2) is 16.7 Å². The average Bonchev–Trinajstić information content (AvgIpc) is 2.39. The lowest BCUT2D eigenvalue weighted by molar-refractivity contribution is 0.183. The van der Waals surface area contributed by atoms with Crippen molar-refractivity contribution in [3.63, 3.8) is 0 Å². The number of rotatable bonds is 3. The van der Waals surface area contributed by atoms with Crippen LogP contribution in [0, 0.1) is 6.57 Å². The van der Waals surface area contributed by atoms with Crippen LogP contribution in [0.4, 0.5) is 0 Å². The standard InChI is InChI=1S/C8H9NO2/c1-9-5-8-7(6-10-2)3-4-11-8/h3-4H,5-6H2,2H3. The summed E-state index contributed by atoms with van der Waals surface area (Å²) < 4.78 is 9.97. The zero-order valence-electron chi connectivity index (χ0n) is 6.33. The Bertz CT molecular complexity index is 259. The molecule has 58 valence electrons. The van der Waals surface area contributed by atoms with Gasteiger partial charge in [-0.3, -0.25) is 0 Å². The molecule has 0 aliphatic heterocycles. The molecule has 11 heavy (non-hydrogen) atoms. The van der Waals surface area contributed by atoms with Crippen LogP contribution in [0.1, 0.15) is 11.3 Å². The van der Waals surface area contributed by atoms with Crippen LogP contribution in [0.3, 0.4) is 0 Å². The molecule has 1 rings (SSSR count). The van der Waals surface area contributed by atoms with Gasteiger partial charge in [-0.15, -0.1) is 0 Å². The summed E-state index contributed by atoms with van der Waals surface area (Å²) in [4.78, 5) is 3.22. The predicted molar refractivity (Wildman–Crippen MR) is 39.7 cm³/mol. The number of nitrogens with zero attached hydrogens (tertiary/aromatic N) is 1. The highest BCUT2D eigenvalue weighted by Gasteiger charge is 2.06. The van der Waals surface area contributed by atoms with Crippen molar-refractivity contribution in [1.29, 1.82) is 0 Å². The molecule has 0 bridgehead atoms. The van der Waals surface area contributed by atoms with E-state index >= 15 is 0 Å². The molecule has 0 aromatic carbocycles. The molecule has 1 heterocycles. The second-order valence-corrected chi connectivity index (χ2v) is 2.12. The summed E-state index contributed by atoms with van der Waals surface area (Å²) in [5.41, 5.74) is 0.962. The average molecular weight is 151 g/mol. The van der Waals surface area contributed by atoms with Gasteiger partial charge in [0.25, 0.3) is 6.54 Å². The Balaban J connectivity index is 2.71. The lowest BCUT2D eigenvalue weighted by Gasteiger charge is -1.93. The lowest BCUT2D eigenvalue weighted by Crippen LogP contribution is -1.88. The van der Waals surface area contributed by atoms with Crippen molar-refractivity contribution in [2.45, 2.75) is 13.2 Å². The number of hydrogen-bond acceptors (Lipinski definition) is 2. The molecule has 0 atom stereocenters. The quantitative estimate of drug-likeness (QED) is 0.616. The minimum atomic E-state index is 0.297. The van der Waals surface area contributed by atoms with Crippen LogP contribution in [0.5, 0.6) is 0 Å². The maximum atomic E-state index is 6.63. The summed E-state index contributed by atoms with van der Waals surface area (Å²) in [6, 6.07) is 1.82. The largest absolute Gasteiger partial charge is 0.461 e. The van der Waals surface area contributed by atoms with Crippen LogP contribution in [0.25, 0.3) is 4.85 Å². The normalized spacial score (nSPS) is 9.45. The van der Waals surface area contributed by atoms with E-state index in [0.29, 0.717) is 18.9 Å². The minimum absolute atomic E-state index is 0.297. The second kappa shape index (κ2) is 3.79. The first-order valence-electron chi connectivity index (χ1n) is 3.26. The molecule has 3 heteroatoms. The summed E-state index contributed by atoms with van der Waals surface area (Å²) in [5.74, 6) is 0.710. The van der Waals surface area contributed by atoms with Crippen molar-refractivity contribution >= 4 is 0 Å². The van der Waals surface area contributed by atoms with E-state index in [1.54, 1.807) is 13.4 Å². The first kappa shape index (κ1) is 7.83. The van der Waals surface area contributed by atoms with Crippen molar-refractivity contribution in [1.82, 2.24) is 0 Å². The lowest BCUT2D eigenvalue weighted by atomic mass is 10.2. The van der Waals surface area contributed by atoms with Crippen molar-refractivity contribution in [2.75, 3.05) is 7.11 Å². The molecule has 0 spiro atoms. The molecule has 0 saturated heterocycles. The van der Waals surface area contributed by atoms with E-state index in [0.717, 1.165) is 5.56 Å². The Labute approximate surface area is 65.4 Å². The van der Waals surface area contributed by atoms with E-state index in [2.05, 4.69) is 4.85 Å².